The van der Waals surface area contributed by atoms with Crippen molar-refractivity contribution in [3.05, 3.63) is 36.5 Å². The van der Waals surface area contributed by atoms with Crippen molar-refractivity contribution in [3.8, 4) is 0 Å². The Bertz CT molecular complexity index is 447. The summed E-state index contributed by atoms with van der Waals surface area (Å²) >= 11 is 0. The van der Waals surface area contributed by atoms with Crippen molar-refractivity contribution in [2.45, 2.75) is 52.6 Å². The summed E-state index contributed by atoms with van der Waals surface area (Å²) in [7, 11) is -1.49. The van der Waals surface area contributed by atoms with E-state index >= 15 is 0 Å². The molecule has 0 aromatic heterocycles. The molecule has 0 bridgehead atoms. The third kappa shape index (κ3) is 11.6. The van der Waals surface area contributed by atoms with Gasteiger partial charge in [-0.2, -0.15) is 0 Å². The fourth-order valence-electron chi connectivity index (χ4n) is 1.22. The van der Waals surface area contributed by atoms with Gasteiger partial charge in [0.25, 0.3) is 5.91 Å². The average molecular weight is 322 g/mol. The first kappa shape index (κ1) is 23.6. The van der Waals surface area contributed by atoms with Gasteiger partial charge in [-0.25, -0.2) is 0 Å². The normalized spacial score (nSPS) is 11.7. The monoisotopic (exact) mass is 322 g/mol. The van der Waals surface area contributed by atoms with Gasteiger partial charge >= 0.3 is 18.4 Å². The van der Waals surface area contributed by atoms with E-state index in [1.54, 1.807) is 12.1 Å². The van der Waals surface area contributed by atoms with Gasteiger partial charge in [-0.05, 0) is 44.3 Å². The van der Waals surface area contributed by atoms with E-state index < -0.39 is 7.12 Å². The van der Waals surface area contributed by atoms with E-state index in [-0.39, 0.29) is 11.9 Å². The number of amides is 1. The molecular weight excluding hydrogens is 295 g/mol. The summed E-state index contributed by atoms with van der Waals surface area (Å²) in [6.07, 6.45) is 1.96. The number of rotatable bonds is 5. The summed E-state index contributed by atoms with van der Waals surface area (Å²) in [5.74, 6) is -0.145. The topological polar surface area (TPSA) is 115 Å². The summed E-state index contributed by atoms with van der Waals surface area (Å²) in [5.41, 5.74) is 6.18. The maximum atomic E-state index is 11.7. The van der Waals surface area contributed by atoms with Crippen molar-refractivity contribution in [2.75, 3.05) is 0 Å². The first-order valence-corrected chi connectivity index (χ1v) is 7.54. The van der Waals surface area contributed by atoms with Crippen LogP contribution >= 0.6 is 0 Å². The standard InChI is InChI=1S/C11H16BNO3.C4H11N.CO/c1-3-8(2)13-11(14)9-4-6-10(7-5-9)12(15)16;1-3-4(2)5;1-2/h4-8,15-16H,3H2,1-2H3,(H,13,14);4H,3,5H2,1-2H3;. The molecule has 7 heteroatoms. The van der Waals surface area contributed by atoms with Gasteiger partial charge in [0.1, 0.15) is 0 Å². The SMILES string of the molecule is CCC(C)N.CCC(C)NC(=O)c1ccc(B(O)O)cc1.[C-]#[O+]. The Hall–Kier alpha value is -1.63. The molecule has 0 saturated heterocycles. The van der Waals surface area contributed by atoms with Crippen LogP contribution in [0.1, 0.15) is 50.9 Å². The molecule has 0 radical (unpaired) electrons. The Kier molecular flexibility index (Phi) is 14.4. The van der Waals surface area contributed by atoms with Crippen molar-refractivity contribution in [1.82, 2.24) is 5.32 Å². The fraction of sp³-hybridized carbons (Fsp3) is 0.500. The van der Waals surface area contributed by atoms with E-state index in [0.29, 0.717) is 17.1 Å². The van der Waals surface area contributed by atoms with Gasteiger partial charge in [0.15, 0.2) is 0 Å². The third-order valence-corrected chi connectivity index (χ3v) is 3.10. The molecule has 0 aliphatic heterocycles. The Labute approximate surface area is 139 Å². The number of hydrogen-bond acceptors (Lipinski definition) is 4. The van der Waals surface area contributed by atoms with Crippen LogP contribution in [0.25, 0.3) is 0 Å². The molecule has 128 valence electrons. The molecular formula is C16H27BN2O4. The summed E-state index contributed by atoms with van der Waals surface area (Å²) in [6.45, 7) is 12.5. The van der Waals surface area contributed by atoms with Crippen molar-refractivity contribution in [1.29, 1.82) is 0 Å². The van der Waals surface area contributed by atoms with E-state index in [9.17, 15) is 4.79 Å². The second-order valence-corrected chi connectivity index (χ2v) is 5.16. The van der Waals surface area contributed by atoms with Crippen molar-refractivity contribution >= 4 is 18.5 Å². The minimum absolute atomic E-state index is 0.135. The molecule has 2 unspecified atom stereocenters. The van der Waals surface area contributed by atoms with E-state index in [2.05, 4.69) is 18.9 Å². The number of benzene rings is 1. The third-order valence-electron chi connectivity index (χ3n) is 3.10. The molecule has 23 heavy (non-hydrogen) atoms. The van der Waals surface area contributed by atoms with Crippen molar-refractivity contribution < 1.29 is 19.5 Å². The number of carbonyl (C=O) groups is 1. The van der Waals surface area contributed by atoms with Crippen LogP contribution in [0.3, 0.4) is 0 Å². The number of nitrogens with two attached hydrogens (primary N) is 1. The molecule has 0 aliphatic rings. The van der Waals surface area contributed by atoms with Crippen LogP contribution in [0.5, 0.6) is 0 Å². The van der Waals surface area contributed by atoms with Gasteiger partial charge in [0.05, 0.1) is 0 Å². The predicted molar refractivity (Wildman–Crippen MR) is 91.4 cm³/mol. The predicted octanol–water partition coefficient (Wildman–Crippen LogP) is 0.601. The van der Waals surface area contributed by atoms with Crippen molar-refractivity contribution in [3.63, 3.8) is 0 Å². The maximum absolute atomic E-state index is 11.7. The minimum atomic E-state index is -1.49. The average Bonchev–Trinajstić information content (AvgIpc) is 2.57. The Morgan fingerprint density at radius 1 is 1.22 bits per heavy atom. The molecule has 0 spiro atoms. The van der Waals surface area contributed by atoms with E-state index in [1.165, 1.54) is 12.1 Å². The van der Waals surface area contributed by atoms with Crippen LogP contribution < -0.4 is 16.5 Å². The molecule has 0 saturated carbocycles. The van der Waals surface area contributed by atoms with E-state index in [1.807, 2.05) is 20.8 Å². The Balaban J connectivity index is 0. The molecule has 1 rings (SSSR count). The summed E-state index contributed by atoms with van der Waals surface area (Å²) < 4.78 is 7.50. The summed E-state index contributed by atoms with van der Waals surface area (Å²) in [4.78, 5) is 11.7. The molecule has 1 aromatic carbocycles. The molecule has 1 aromatic rings. The van der Waals surface area contributed by atoms with E-state index in [4.69, 9.17) is 20.4 Å². The zero-order valence-corrected chi connectivity index (χ0v) is 14.2. The van der Waals surface area contributed by atoms with Gasteiger partial charge in [-0.1, -0.05) is 26.0 Å². The molecule has 0 aliphatic carbocycles. The van der Waals surface area contributed by atoms with Gasteiger partial charge in [-0.15, -0.1) is 0 Å². The first-order chi connectivity index (χ1) is 10.8. The molecule has 0 fully saturated rings. The van der Waals surface area contributed by atoms with Gasteiger partial charge in [-0.3, -0.25) is 4.79 Å². The number of carbonyl (C=O) groups excluding carboxylic acids is 1. The Morgan fingerprint density at radius 3 is 1.96 bits per heavy atom. The van der Waals surface area contributed by atoms with Crippen molar-refractivity contribution in [2.24, 2.45) is 5.73 Å². The van der Waals surface area contributed by atoms with Crippen LogP contribution in [-0.2, 0) is 4.65 Å². The zero-order chi connectivity index (χ0) is 18.4. The van der Waals surface area contributed by atoms with E-state index in [0.717, 1.165) is 12.8 Å². The summed E-state index contributed by atoms with van der Waals surface area (Å²) in [5, 5.41) is 20.6. The zero-order valence-electron chi connectivity index (χ0n) is 14.2. The summed E-state index contributed by atoms with van der Waals surface area (Å²) in [6, 6.07) is 6.72. The number of hydrogen-bond donors (Lipinski definition) is 4. The van der Waals surface area contributed by atoms with Crippen LogP contribution in [0.15, 0.2) is 24.3 Å². The van der Waals surface area contributed by atoms with Crippen LogP contribution in [-0.4, -0.2) is 35.2 Å². The first-order valence-electron chi connectivity index (χ1n) is 7.54. The fourth-order valence-corrected chi connectivity index (χ4v) is 1.22. The second-order valence-electron chi connectivity index (χ2n) is 5.16. The van der Waals surface area contributed by atoms with Gasteiger partial charge < -0.3 is 21.1 Å². The van der Waals surface area contributed by atoms with Crippen LogP contribution in [0, 0.1) is 6.65 Å². The molecule has 6 nitrogen and oxygen atoms in total. The molecule has 0 heterocycles. The van der Waals surface area contributed by atoms with Gasteiger partial charge in [0, 0.05) is 17.6 Å². The number of nitrogens with one attached hydrogen (secondary N) is 1. The molecule has 5 N–H and O–H groups in total. The quantitative estimate of drug-likeness (QED) is 0.361. The van der Waals surface area contributed by atoms with Gasteiger partial charge in [0.2, 0.25) is 0 Å². The molecule has 2 atom stereocenters. The second kappa shape index (κ2) is 14.0. The molecule has 1 amide bonds. The Morgan fingerprint density at radius 2 is 1.65 bits per heavy atom. The van der Waals surface area contributed by atoms with Crippen LogP contribution in [0.2, 0.25) is 0 Å². The van der Waals surface area contributed by atoms with Crippen LogP contribution in [0.4, 0.5) is 0 Å².